The fourth-order valence-electron chi connectivity index (χ4n) is 2.59. The molecule has 1 aromatic carbocycles. The van der Waals surface area contributed by atoms with Gasteiger partial charge in [-0.2, -0.15) is 18.4 Å². The van der Waals surface area contributed by atoms with Crippen molar-refractivity contribution in [2.24, 2.45) is 0 Å². The van der Waals surface area contributed by atoms with Gasteiger partial charge in [-0.3, -0.25) is 0 Å². The maximum Gasteiger partial charge on any atom is 0.416 e. The van der Waals surface area contributed by atoms with Gasteiger partial charge in [-0.15, -0.1) is 0 Å². The van der Waals surface area contributed by atoms with Gasteiger partial charge in [0, 0.05) is 13.1 Å². The van der Waals surface area contributed by atoms with Gasteiger partial charge < -0.3 is 14.7 Å². The van der Waals surface area contributed by atoms with Gasteiger partial charge in [-0.05, 0) is 31.0 Å². The molecule has 1 heterocycles. The summed E-state index contributed by atoms with van der Waals surface area (Å²) in [5, 5.41) is 17.9. The van der Waals surface area contributed by atoms with Crippen LogP contribution in [-0.4, -0.2) is 37.5 Å². The number of halogens is 3. The van der Waals surface area contributed by atoms with Crippen LogP contribution in [0.25, 0.3) is 0 Å². The molecule has 0 saturated carbocycles. The van der Waals surface area contributed by atoms with Gasteiger partial charge in [0.25, 0.3) is 0 Å². The molecule has 1 saturated heterocycles. The van der Waals surface area contributed by atoms with Crippen molar-refractivity contribution in [3.05, 3.63) is 29.3 Å². The number of benzene rings is 1. The van der Waals surface area contributed by atoms with Crippen LogP contribution >= 0.6 is 0 Å². The van der Waals surface area contributed by atoms with E-state index < -0.39 is 11.7 Å². The summed E-state index contributed by atoms with van der Waals surface area (Å²) in [5.41, 5.74) is -0.316. The molecule has 22 heavy (non-hydrogen) atoms. The van der Waals surface area contributed by atoms with Crippen LogP contribution in [0.2, 0.25) is 0 Å². The van der Waals surface area contributed by atoms with Gasteiger partial charge in [0.1, 0.15) is 6.07 Å². The van der Waals surface area contributed by atoms with Gasteiger partial charge >= 0.3 is 6.18 Å². The van der Waals surface area contributed by atoms with E-state index in [0.29, 0.717) is 18.8 Å². The minimum Gasteiger partial charge on any atom is -0.394 e. The minimum absolute atomic E-state index is 0.0117. The van der Waals surface area contributed by atoms with Crippen molar-refractivity contribution in [2.45, 2.75) is 25.1 Å². The highest BCUT2D eigenvalue weighted by Gasteiger charge is 2.32. The van der Waals surface area contributed by atoms with Crippen molar-refractivity contribution in [3.8, 4) is 6.07 Å². The lowest BCUT2D eigenvalue weighted by molar-refractivity contribution is -0.137. The molecule has 120 valence electrons. The number of anilines is 1. The van der Waals surface area contributed by atoms with Gasteiger partial charge in [0.15, 0.2) is 0 Å². The lowest BCUT2D eigenvalue weighted by Crippen LogP contribution is -2.40. The summed E-state index contributed by atoms with van der Waals surface area (Å²) in [6, 6.07) is 5.06. The van der Waals surface area contributed by atoms with E-state index in [2.05, 4.69) is 0 Å². The monoisotopic (exact) mass is 314 g/mol. The predicted molar refractivity (Wildman–Crippen MR) is 74.4 cm³/mol. The Kier molecular flexibility index (Phi) is 5.27. The summed E-state index contributed by atoms with van der Waals surface area (Å²) in [6.45, 7) is 1.33. The van der Waals surface area contributed by atoms with E-state index in [4.69, 9.17) is 15.1 Å². The van der Waals surface area contributed by atoms with Gasteiger partial charge in [-0.25, -0.2) is 0 Å². The first-order valence-corrected chi connectivity index (χ1v) is 7.04. The predicted octanol–water partition coefficient (Wildman–Crippen LogP) is 2.55. The highest BCUT2D eigenvalue weighted by atomic mass is 19.4. The van der Waals surface area contributed by atoms with Crippen molar-refractivity contribution in [1.82, 2.24) is 0 Å². The summed E-state index contributed by atoms with van der Waals surface area (Å²) in [4.78, 5) is 1.87. The Hall–Kier alpha value is -1.78. The molecular formula is C15H17F3N2O2. The largest absolute Gasteiger partial charge is 0.416 e. The number of nitrogens with zero attached hydrogens (tertiary/aromatic N) is 2. The Morgan fingerprint density at radius 3 is 2.82 bits per heavy atom. The number of nitriles is 1. The minimum atomic E-state index is -4.46. The maximum absolute atomic E-state index is 12.7. The molecule has 0 amide bonds. The number of rotatable bonds is 4. The molecule has 2 rings (SSSR count). The molecule has 0 aliphatic carbocycles. The molecule has 1 N–H and O–H groups in total. The van der Waals surface area contributed by atoms with E-state index in [1.807, 2.05) is 11.0 Å². The molecule has 0 unspecified atom stereocenters. The molecule has 1 aliphatic rings. The van der Waals surface area contributed by atoms with Crippen LogP contribution in [0.5, 0.6) is 0 Å². The summed E-state index contributed by atoms with van der Waals surface area (Å²) in [5.74, 6) is 0. The Morgan fingerprint density at radius 1 is 1.41 bits per heavy atom. The lowest BCUT2D eigenvalue weighted by atomic mass is 10.0. The van der Waals surface area contributed by atoms with Crippen molar-refractivity contribution in [3.63, 3.8) is 0 Å². The van der Waals surface area contributed by atoms with Gasteiger partial charge in [-0.1, -0.05) is 0 Å². The van der Waals surface area contributed by atoms with Crippen molar-refractivity contribution in [2.75, 3.05) is 31.2 Å². The number of aliphatic hydroxyl groups excluding tert-OH is 1. The first kappa shape index (κ1) is 16.6. The quantitative estimate of drug-likeness (QED) is 0.928. The zero-order chi connectivity index (χ0) is 16.2. The van der Waals surface area contributed by atoms with Crippen LogP contribution in [0.3, 0.4) is 0 Å². The van der Waals surface area contributed by atoms with Crippen molar-refractivity contribution < 1.29 is 23.0 Å². The number of hydrogen-bond acceptors (Lipinski definition) is 4. The average Bonchev–Trinajstić information content (AvgIpc) is 2.51. The van der Waals surface area contributed by atoms with Gasteiger partial charge in [0.2, 0.25) is 0 Å². The fraction of sp³-hybridized carbons (Fsp3) is 0.533. The third kappa shape index (κ3) is 3.90. The molecule has 4 nitrogen and oxygen atoms in total. The lowest BCUT2D eigenvalue weighted by Gasteiger charge is -2.34. The van der Waals surface area contributed by atoms with Crippen LogP contribution < -0.4 is 4.90 Å². The standard InChI is InChI=1S/C15H17F3N2O2/c16-15(17,18)12-3-4-14(11(8-12)9-19)20-5-1-2-13(10-20)22-7-6-21/h3-4,8,13,21H,1-2,5-7,10H2/t13-/m1/s1. The Balaban J connectivity index is 2.19. The number of ether oxygens (including phenoxy) is 1. The molecule has 1 aliphatic heterocycles. The molecule has 0 radical (unpaired) electrons. The van der Waals surface area contributed by atoms with Crippen molar-refractivity contribution >= 4 is 5.69 Å². The Morgan fingerprint density at radius 2 is 2.18 bits per heavy atom. The summed E-state index contributed by atoms with van der Waals surface area (Å²) in [7, 11) is 0. The first-order valence-electron chi connectivity index (χ1n) is 7.04. The summed E-state index contributed by atoms with van der Waals surface area (Å²) >= 11 is 0. The second-order valence-corrected chi connectivity index (χ2v) is 5.15. The van der Waals surface area contributed by atoms with Crippen LogP contribution in [0.15, 0.2) is 18.2 Å². The Bertz CT molecular complexity index is 555. The maximum atomic E-state index is 12.7. The zero-order valence-corrected chi connectivity index (χ0v) is 11.9. The van der Waals surface area contributed by atoms with E-state index in [1.165, 1.54) is 6.07 Å². The average molecular weight is 314 g/mol. The number of aliphatic hydroxyl groups is 1. The van der Waals surface area contributed by atoms with E-state index in [-0.39, 0.29) is 24.9 Å². The molecule has 1 aromatic rings. The Labute approximate surface area is 126 Å². The van der Waals surface area contributed by atoms with E-state index >= 15 is 0 Å². The second kappa shape index (κ2) is 6.99. The molecule has 0 bridgehead atoms. The summed E-state index contributed by atoms with van der Waals surface area (Å²) < 4.78 is 43.6. The normalized spacial score (nSPS) is 19.0. The topological polar surface area (TPSA) is 56.5 Å². The van der Waals surface area contributed by atoms with Gasteiger partial charge in [0.05, 0.1) is 36.1 Å². The van der Waals surface area contributed by atoms with Crippen molar-refractivity contribution in [1.29, 1.82) is 5.26 Å². The van der Waals surface area contributed by atoms with Crippen LogP contribution in [-0.2, 0) is 10.9 Å². The highest BCUT2D eigenvalue weighted by Crippen LogP contribution is 2.33. The van der Waals surface area contributed by atoms with E-state index in [9.17, 15) is 13.2 Å². The van der Waals surface area contributed by atoms with E-state index in [0.717, 1.165) is 25.0 Å². The van der Waals surface area contributed by atoms with Crippen LogP contribution in [0.4, 0.5) is 18.9 Å². The van der Waals surface area contributed by atoms with Crippen LogP contribution in [0.1, 0.15) is 24.0 Å². The first-order chi connectivity index (χ1) is 10.5. The number of alkyl halides is 3. The smallest absolute Gasteiger partial charge is 0.394 e. The molecule has 0 aromatic heterocycles. The van der Waals surface area contributed by atoms with E-state index in [1.54, 1.807) is 0 Å². The fourth-order valence-corrected chi connectivity index (χ4v) is 2.59. The van der Waals surface area contributed by atoms with Crippen LogP contribution in [0, 0.1) is 11.3 Å². The molecule has 0 spiro atoms. The molecular weight excluding hydrogens is 297 g/mol. The molecule has 7 heteroatoms. The SMILES string of the molecule is N#Cc1cc(C(F)(F)F)ccc1N1CCC[C@@H](OCCO)C1. The number of piperidine rings is 1. The zero-order valence-electron chi connectivity index (χ0n) is 11.9. The third-order valence-corrected chi connectivity index (χ3v) is 3.61. The molecule has 1 fully saturated rings. The third-order valence-electron chi connectivity index (χ3n) is 3.61. The molecule has 1 atom stereocenters. The summed E-state index contributed by atoms with van der Waals surface area (Å²) in [6.07, 6.45) is -2.89. The number of hydrogen-bond donors (Lipinski definition) is 1. The highest BCUT2D eigenvalue weighted by molar-refractivity contribution is 5.61. The second-order valence-electron chi connectivity index (χ2n) is 5.15.